The smallest absolute Gasteiger partial charge is 0.316 e. The molecule has 2 aromatic carbocycles. The Labute approximate surface area is 208 Å². The Morgan fingerprint density at radius 2 is 1.37 bits per heavy atom. The average molecular weight is 481 g/mol. The molecule has 0 aliphatic heterocycles. The molecule has 0 spiro atoms. The van der Waals surface area contributed by atoms with Crippen LogP contribution in [0.4, 0.5) is 0 Å². The second-order valence-corrected chi connectivity index (χ2v) is 10.5. The quantitative estimate of drug-likeness (QED) is 0.195. The first kappa shape index (κ1) is 27.8. The Hall–Kier alpha value is -3.41. The molecule has 0 N–H and O–H groups in total. The number of esters is 2. The molecule has 0 atom stereocenters. The predicted octanol–water partition coefficient (Wildman–Crippen LogP) is 6.50. The molecule has 0 bridgehead atoms. The molecule has 6 heteroatoms. The number of hydrogen-bond donors (Lipinski definition) is 0. The van der Waals surface area contributed by atoms with E-state index in [9.17, 15) is 14.4 Å². The number of aryl methyl sites for hydroxylation is 1. The van der Waals surface area contributed by atoms with Crippen LogP contribution in [-0.4, -0.2) is 24.3 Å². The first-order chi connectivity index (χ1) is 16.1. The molecule has 2 rings (SSSR count). The van der Waals surface area contributed by atoms with Crippen LogP contribution in [0.15, 0.2) is 36.4 Å². The lowest BCUT2D eigenvalue weighted by atomic mass is 9.97. The summed E-state index contributed by atoms with van der Waals surface area (Å²) in [6, 6.07) is 8.27. The van der Waals surface area contributed by atoms with Crippen molar-refractivity contribution in [2.75, 3.05) is 6.61 Å². The minimum absolute atomic E-state index is 0.209. The van der Waals surface area contributed by atoms with Crippen molar-refractivity contribution in [2.24, 2.45) is 10.8 Å². The number of carbonyl (C=O) groups is 3. The summed E-state index contributed by atoms with van der Waals surface area (Å²) in [6.07, 6.45) is 3.16. The lowest BCUT2D eigenvalue weighted by Gasteiger charge is -2.21. The fourth-order valence-corrected chi connectivity index (χ4v) is 3.05. The summed E-state index contributed by atoms with van der Waals surface area (Å²) in [6.45, 7) is 16.7. The molecule has 0 unspecified atom stereocenters. The summed E-state index contributed by atoms with van der Waals surface area (Å²) in [5, 5.41) is 0. The number of ketones is 1. The number of rotatable bonds is 7. The lowest BCUT2D eigenvalue weighted by molar-refractivity contribution is -0.143. The van der Waals surface area contributed by atoms with Crippen molar-refractivity contribution >= 4 is 23.8 Å². The van der Waals surface area contributed by atoms with Gasteiger partial charge in [0.25, 0.3) is 0 Å². The van der Waals surface area contributed by atoms with Crippen LogP contribution < -0.4 is 14.2 Å². The molecule has 0 amide bonds. The van der Waals surface area contributed by atoms with Gasteiger partial charge in [-0.15, -0.1) is 0 Å². The van der Waals surface area contributed by atoms with Gasteiger partial charge in [0.1, 0.15) is 17.2 Å². The molecule has 0 aromatic heterocycles. The Morgan fingerprint density at radius 1 is 0.829 bits per heavy atom. The van der Waals surface area contributed by atoms with Crippen LogP contribution in [0.3, 0.4) is 0 Å². The van der Waals surface area contributed by atoms with E-state index >= 15 is 0 Å². The molecular formula is C29H36O6. The number of allylic oxidation sites excluding steroid dienone is 1. The lowest BCUT2D eigenvalue weighted by Crippen LogP contribution is -2.26. The highest BCUT2D eigenvalue weighted by atomic mass is 16.5. The maximum absolute atomic E-state index is 12.8. The second-order valence-electron chi connectivity index (χ2n) is 10.5. The highest BCUT2D eigenvalue weighted by Crippen LogP contribution is 2.37. The molecule has 35 heavy (non-hydrogen) atoms. The van der Waals surface area contributed by atoms with Crippen molar-refractivity contribution in [3.05, 3.63) is 58.7 Å². The summed E-state index contributed by atoms with van der Waals surface area (Å²) in [7, 11) is 0. The van der Waals surface area contributed by atoms with Crippen LogP contribution >= 0.6 is 0 Å². The SMILES string of the molecule is CCOc1c(/C=C/C(=O)c2ccc(OC(=O)C(C)(C)C)cc2)cc(C)c(OC(=O)C(C)(C)C)c1C. The molecule has 2 aromatic rings. The summed E-state index contributed by atoms with van der Waals surface area (Å²) < 4.78 is 16.9. The van der Waals surface area contributed by atoms with Crippen molar-refractivity contribution < 1.29 is 28.6 Å². The van der Waals surface area contributed by atoms with E-state index in [-0.39, 0.29) is 17.7 Å². The Morgan fingerprint density at radius 3 is 1.89 bits per heavy atom. The van der Waals surface area contributed by atoms with Gasteiger partial charge in [-0.1, -0.05) is 0 Å². The van der Waals surface area contributed by atoms with Crippen molar-refractivity contribution in [1.82, 2.24) is 0 Å². The fraction of sp³-hybridized carbons (Fsp3) is 0.414. The monoisotopic (exact) mass is 480 g/mol. The molecule has 0 fully saturated rings. The second kappa shape index (κ2) is 10.9. The van der Waals surface area contributed by atoms with E-state index in [2.05, 4.69) is 0 Å². The van der Waals surface area contributed by atoms with Crippen LogP contribution in [-0.2, 0) is 9.59 Å². The number of benzene rings is 2. The van der Waals surface area contributed by atoms with E-state index in [4.69, 9.17) is 14.2 Å². The molecule has 0 saturated heterocycles. The standard InChI is InChI=1S/C29H36O6/c1-10-33-25-19(3)24(35-27(32)29(7,8)9)18(2)17-21(25)13-16-23(30)20-11-14-22(15-12-20)34-26(31)28(4,5)6/h11-17H,10H2,1-9H3/b16-13+. The van der Waals surface area contributed by atoms with Crippen molar-refractivity contribution in [2.45, 2.75) is 62.3 Å². The maximum Gasteiger partial charge on any atom is 0.316 e. The third kappa shape index (κ3) is 7.28. The number of hydrogen-bond acceptors (Lipinski definition) is 6. The number of carbonyl (C=O) groups excluding carboxylic acids is 3. The zero-order valence-corrected chi connectivity index (χ0v) is 22.2. The van der Waals surface area contributed by atoms with Crippen molar-refractivity contribution in [3.63, 3.8) is 0 Å². The highest BCUT2D eigenvalue weighted by Gasteiger charge is 2.26. The summed E-state index contributed by atoms with van der Waals surface area (Å²) in [4.78, 5) is 37.3. The van der Waals surface area contributed by atoms with Crippen LogP contribution in [0, 0.1) is 24.7 Å². The van der Waals surface area contributed by atoms with Gasteiger partial charge in [-0.3, -0.25) is 14.4 Å². The van der Waals surface area contributed by atoms with E-state index in [1.54, 1.807) is 71.9 Å². The van der Waals surface area contributed by atoms with E-state index < -0.39 is 10.8 Å². The third-order valence-corrected chi connectivity index (χ3v) is 5.15. The van der Waals surface area contributed by atoms with Gasteiger partial charge < -0.3 is 14.2 Å². The predicted molar refractivity (Wildman–Crippen MR) is 137 cm³/mol. The van der Waals surface area contributed by atoms with Crippen molar-refractivity contribution in [3.8, 4) is 17.2 Å². The van der Waals surface area contributed by atoms with Gasteiger partial charge in [-0.05, 0) is 110 Å². The van der Waals surface area contributed by atoms with E-state index in [0.717, 1.165) is 5.56 Å². The summed E-state index contributed by atoms with van der Waals surface area (Å²) in [5.74, 6) is 0.527. The van der Waals surface area contributed by atoms with Gasteiger partial charge >= 0.3 is 11.9 Å². The normalized spacial score (nSPS) is 11.9. The van der Waals surface area contributed by atoms with Gasteiger partial charge in [0.15, 0.2) is 5.78 Å². The van der Waals surface area contributed by atoms with Crippen LogP contribution in [0.2, 0.25) is 0 Å². The molecule has 188 valence electrons. The number of ether oxygens (including phenoxy) is 3. The Bertz CT molecular complexity index is 1130. The van der Waals surface area contributed by atoms with Crippen LogP contribution in [0.1, 0.15) is 75.5 Å². The van der Waals surface area contributed by atoms with Gasteiger partial charge in [0, 0.05) is 16.7 Å². The molecule has 0 heterocycles. The van der Waals surface area contributed by atoms with Gasteiger partial charge in [0.05, 0.1) is 17.4 Å². The molecule has 0 saturated carbocycles. The third-order valence-electron chi connectivity index (χ3n) is 5.15. The molecule has 6 nitrogen and oxygen atoms in total. The van der Waals surface area contributed by atoms with Crippen LogP contribution in [0.25, 0.3) is 6.08 Å². The van der Waals surface area contributed by atoms with E-state index in [1.807, 2.05) is 26.8 Å². The van der Waals surface area contributed by atoms with Gasteiger partial charge in [0.2, 0.25) is 0 Å². The topological polar surface area (TPSA) is 78.9 Å². The average Bonchev–Trinajstić information content (AvgIpc) is 2.76. The zero-order valence-electron chi connectivity index (χ0n) is 22.2. The minimum atomic E-state index is -0.643. The van der Waals surface area contributed by atoms with E-state index in [0.29, 0.717) is 40.5 Å². The first-order valence-electron chi connectivity index (χ1n) is 11.7. The van der Waals surface area contributed by atoms with Crippen molar-refractivity contribution in [1.29, 1.82) is 0 Å². The summed E-state index contributed by atoms with van der Waals surface area (Å²) in [5.41, 5.74) is 1.37. The summed E-state index contributed by atoms with van der Waals surface area (Å²) >= 11 is 0. The highest BCUT2D eigenvalue weighted by molar-refractivity contribution is 6.07. The fourth-order valence-electron chi connectivity index (χ4n) is 3.05. The van der Waals surface area contributed by atoms with Crippen LogP contribution in [0.5, 0.6) is 17.2 Å². The largest absolute Gasteiger partial charge is 0.493 e. The Kier molecular flexibility index (Phi) is 8.66. The van der Waals surface area contributed by atoms with Gasteiger partial charge in [-0.25, -0.2) is 0 Å². The van der Waals surface area contributed by atoms with E-state index in [1.165, 1.54) is 6.08 Å². The van der Waals surface area contributed by atoms with Gasteiger partial charge in [-0.2, -0.15) is 0 Å². The molecule has 0 aliphatic carbocycles. The molecular weight excluding hydrogens is 444 g/mol. The first-order valence-corrected chi connectivity index (χ1v) is 11.7. The zero-order chi connectivity index (χ0) is 26.6. The molecule has 0 aliphatic rings. The maximum atomic E-state index is 12.8. The Balaban J connectivity index is 2.29. The molecule has 0 radical (unpaired) electrons. The minimum Gasteiger partial charge on any atom is -0.493 e.